The maximum absolute atomic E-state index is 12.9. The number of hydrogen-bond acceptors (Lipinski definition) is 6. The van der Waals surface area contributed by atoms with E-state index in [1.807, 2.05) is 18.2 Å². The highest BCUT2D eigenvalue weighted by Gasteiger charge is 2.45. The number of rotatable bonds is 5. The third-order valence-electron chi connectivity index (χ3n) is 5.58. The van der Waals surface area contributed by atoms with Crippen LogP contribution in [0.4, 0.5) is 5.69 Å². The Hall–Kier alpha value is -2.90. The zero-order valence-electron chi connectivity index (χ0n) is 16.2. The number of para-hydroxylation sites is 1. The fourth-order valence-electron chi connectivity index (χ4n) is 3.81. The van der Waals surface area contributed by atoms with Gasteiger partial charge in [-0.2, -0.15) is 5.10 Å². The molecule has 8 nitrogen and oxygen atoms in total. The molecular weight excluding hydrogens is 360 g/mol. The summed E-state index contributed by atoms with van der Waals surface area (Å²) in [6.45, 7) is 2.12. The van der Waals surface area contributed by atoms with Crippen molar-refractivity contribution in [3.05, 3.63) is 30.3 Å². The van der Waals surface area contributed by atoms with Crippen LogP contribution in [0.2, 0.25) is 0 Å². The molecule has 0 spiro atoms. The van der Waals surface area contributed by atoms with Crippen LogP contribution >= 0.6 is 0 Å². The minimum Gasteiger partial charge on any atom is -0.467 e. The number of esters is 1. The van der Waals surface area contributed by atoms with E-state index in [9.17, 15) is 14.4 Å². The quantitative estimate of drug-likeness (QED) is 0.742. The summed E-state index contributed by atoms with van der Waals surface area (Å²) in [6.07, 6.45) is 2.76. The smallest absolute Gasteiger partial charge is 0.331 e. The van der Waals surface area contributed by atoms with Gasteiger partial charge in [-0.05, 0) is 43.7 Å². The van der Waals surface area contributed by atoms with E-state index in [4.69, 9.17) is 10.5 Å². The monoisotopic (exact) mass is 386 g/mol. The average molecular weight is 386 g/mol. The molecule has 0 saturated heterocycles. The molecule has 1 aromatic carbocycles. The lowest BCUT2D eigenvalue weighted by atomic mass is 9.77. The Bertz CT molecular complexity index is 785. The summed E-state index contributed by atoms with van der Waals surface area (Å²) in [5.74, 6) is -0.988. The molecule has 1 heterocycles. The number of nitrogens with two attached hydrogens (primary N) is 1. The van der Waals surface area contributed by atoms with Gasteiger partial charge >= 0.3 is 5.97 Å². The fraction of sp³-hybridized carbons (Fsp3) is 0.500. The van der Waals surface area contributed by atoms with Gasteiger partial charge in [-0.3, -0.25) is 14.6 Å². The molecule has 150 valence electrons. The van der Waals surface area contributed by atoms with Crippen molar-refractivity contribution in [2.75, 3.05) is 12.1 Å². The van der Waals surface area contributed by atoms with Gasteiger partial charge in [-0.15, -0.1) is 0 Å². The van der Waals surface area contributed by atoms with Crippen LogP contribution in [0, 0.1) is 5.92 Å². The molecule has 1 saturated carbocycles. The Balaban J connectivity index is 1.82. The number of amides is 2. The normalized spacial score (nSPS) is 27.1. The second-order valence-corrected chi connectivity index (χ2v) is 7.56. The summed E-state index contributed by atoms with van der Waals surface area (Å²) in [6, 6.07) is 8.31. The summed E-state index contributed by atoms with van der Waals surface area (Å²) >= 11 is 0. The zero-order valence-corrected chi connectivity index (χ0v) is 16.2. The minimum atomic E-state index is -1.05. The number of benzene rings is 1. The summed E-state index contributed by atoms with van der Waals surface area (Å²) in [4.78, 5) is 37.3. The van der Waals surface area contributed by atoms with Gasteiger partial charge in [0.2, 0.25) is 5.91 Å². The first-order chi connectivity index (χ1) is 13.4. The molecule has 1 aliphatic carbocycles. The maximum Gasteiger partial charge on any atom is 0.331 e. The average Bonchev–Trinajstić information content (AvgIpc) is 3.16. The van der Waals surface area contributed by atoms with Gasteiger partial charge in [0.05, 0.1) is 12.8 Å². The van der Waals surface area contributed by atoms with Gasteiger partial charge < -0.3 is 15.8 Å². The lowest BCUT2D eigenvalue weighted by Crippen LogP contribution is -2.58. The fourth-order valence-corrected chi connectivity index (χ4v) is 3.81. The Morgan fingerprint density at radius 1 is 1.21 bits per heavy atom. The molecule has 1 aromatic rings. The molecular formula is C20H26N4O4. The number of nitrogens with zero attached hydrogens (tertiary/aromatic N) is 2. The largest absolute Gasteiger partial charge is 0.467 e. The van der Waals surface area contributed by atoms with Gasteiger partial charge in [0.25, 0.3) is 5.91 Å². The van der Waals surface area contributed by atoms with Crippen molar-refractivity contribution in [2.24, 2.45) is 16.8 Å². The van der Waals surface area contributed by atoms with E-state index < -0.39 is 29.4 Å². The highest BCUT2D eigenvalue weighted by Crippen LogP contribution is 2.33. The first kappa shape index (κ1) is 19.9. The van der Waals surface area contributed by atoms with Crippen molar-refractivity contribution in [1.82, 2.24) is 5.32 Å². The standard InChI is InChI=1S/C20H26N4O4/c1-13-8-10-20(11-9-13,19(27)28-2)22-18(26)15-12-16(17(21)25)24(23-15)14-6-4-3-5-7-14/h3-7,13,16H,8-12H2,1-2H3,(H2,21,25)(H,22,26). The topological polar surface area (TPSA) is 114 Å². The molecule has 1 aliphatic heterocycles. The maximum atomic E-state index is 12.9. The summed E-state index contributed by atoms with van der Waals surface area (Å²) in [5.41, 5.74) is 5.32. The van der Waals surface area contributed by atoms with Crippen LogP contribution in [0.1, 0.15) is 39.0 Å². The first-order valence-electron chi connectivity index (χ1n) is 9.48. The Morgan fingerprint density at radius 3 is 2.43 bits per heavy atom. The molecule has 3 N–H and O–H groups in total. The third kappa shape index (κ3) is 3.85. The van der Waals surface area contributed by atoms with Crippen molar-refractivity contribution in [3.63, 3.8) is 0 Å². The van der Waals surface area contributed by atoms with E-state index in [0.29, 0.717) is 24.4 Å². The highest BCUT2D eigenvalue weighted by atomic mass is 16.5. The van der Waals surface area contributed by atoms with Gasteiger partial charge in [0.15, 0.2) is 0 Å². The zero-order chi connectivity index (χ0) is 20.3. The van der Waals surface area contributed by atoms with Gasteiger partial charge in [0.1, 0.15) is 17.3 Å². The predicted molar refractivity (Wildman–Crippen MR) is 104 cm³/mol. The highest BCUT2D eigenvalue weighted by molar-refractivity contribution is 6.40. The molecule has 0 aromatic heterocycles. The molecule has 1 atom stereocenters. The SMILES string of the molecule is COC(=O)C1(NC(=O)C2=NN(c3ccccc3)C(C(N)=O)C2)CCC(C)CC1. The third-order valence-corrected chi connectivity index (χ3v) is 5.58. The lowest BCUT2D eigenvalue weighted by Gasteiger charge is -2.37. The van der Waals surface area contributed by atoms with Gasteiger partial charge in [-0.25, -0.2) is 4.79 Å². The molecule has 2 aliphatic rings. The molecule has 0 bridgehead atoms. The van der Waals surface area contributed by atoms with E-state index >= 15 is 0 Å². The molecule has 28 heavy (non-hydrogen) atoms. The van der Waals surface area contributed by atoms with Crippen LogP contribution in [0.3, 0.4) is 0 Å². The lowest BCUT2D eigenvalue weighted by molar-refractivity contribution is -0.152. The molecule has 0 radical (unpaired) electrons. The van der Waals surface area contributed by atoms with Crippen LogP contribution < -0.4 is 16.1 Å². The second-order valence-electron chi connectivity index (χ2n) is 7.56. The minimum absolute atomic E-state index is 0.0870. The Morgan fingerprint density at radius 2 is 1.86 bits per heavy atom. The van der Waals surface area contributed by atoms with E-state index in [1.54, 1.807) is 12.1 Å². The molecule has 2 amide bonds. The van der Waals surface area contributed by atoms with E-state index in [2.05, 4.69) is 17.3 Å². The molecule has 1 fully saturated rings. The van der Waals surface area contributed by atoms with Crippen molar-refractivity contribution < 1.29 is 19.1 Å². The van der Waals surface area contributed by atoms with E-state index in [-0.39, 0.29) is 12.1 Å². The predicted octanol–water partition coefficient (Wildman–Crippen LogP) is 1.34. The molecule has 3 rings (SSSR count). The summed E-state index contributed by atoms with van der Waals surface area (Å²) in [7, 11) is 1.32. The van der Waals surface area contributed by atoms with Crippen molar-refractivity contribution in [1.29, 1.82) is 0 Å². The molecule has 8 heteroatoms. The molecule has 1 unspecified atom stereocenters. The number of carbonyl (C=O) groups is 3. The van der Waals surface area contributed by atoms with Crippen LogP contribution in [-0.4, -0.2) is 42.2 Å². The number of anilines is 1. The number of ether oxygens (including phenoxy) is 1. The number of primary amides is 1. The number of hydrogen-bond donors (Lipinski definition) is 2. The second kappa shape index (κ2) is 8.00. The number of nitrogens with one attached hydrogen (secondary N) is 1. The van der Waals surface area contributed by atoms with Crippen LogP contribution in [0.25, 0.3) is 0 Å². The summed E-state index contributed by atoms with van der Waals surface area (Å²) < 4.78 is 4.96. The van der Waals surface area contributed by atoms with Crippen molar-refractivity contribution >= 4 is 29.2 Å². The number of carbonyl (C=O) groups excluding carboxylic acids is 3. The van der Waals surface area contributed by atoms with Gasteiger partial charge in [0, 0.05) is 6.42 Å². The first-order valence-corrected chi connectivity index (χ1v) is 9.48. The van der Waals surface area contributed by atoms with Crippen LogP contribution in [0.15, 0.2) is 35.4 Å². The van der Waals surface area contributed by atoms with Crippen molar-refractivity contribution in [2.45, 2.75) is 50.6 Å². The van der Waals surface area contributed by atoms with Crippen molar-refractivity contribution in [3.8, 4) is 0 Å². The number of hydrazone groups is 1. The van der Waals surface area contributed by atoms with Crippen LogP contribution in [-0.2, 0) is 19.1 Å². The van der Waals surface area contributed by atoms with Crippen LogP contribution in [0.5, 0.6) is 0 Å². The van der Waals surface area contributed by atoms with E-state index in [1.165, 1.54) is 12.1 Å². The summed E-state index contributed by atoms with van der Waals surface area (Å²) in [5, 5.41) is 8.66. The van der Waals surface area contributed by atoms with E-state index in [0.717, 1.165) is 12.8 Å². The number of methoxy groups -OCH3 is 1. The Kier molecular flexibility index (Phi) is 5.67. The van der Waals surface area contributed by atoms with Gasteiger partial charge in [-0.1, -0.05) is 25.1 Å². The Labute approximate surface area is 164 Å².